The monoisotopic (exact) mass is 222 g/mol. The molecule has 0 unspecified atom stereocenters. The van der Waals surface area contributed by atoms with Crippen LogP contribution in [0.4, 0.5) is 0 Å². The van der Waals surface area contributed by atoms with E-state index in [4.69, 9.17) is 0 Å². The largest absolute Gasteiger partial charge is 0.507 e. The van der Waals surface area contributed by atoms with Crippen LogP contribution in [-0.4, -0.2) is 5.11 Å². The van der Waals surface area contributed by atoms with Gasteiger partial charge < -0.3 is 5.11 Å². The predicted octanol–water partition coefficient (Wildman–Crippen LogP) is 4.26. The fraction of sp³-hybridized carbons (Fsp3) is 0.125. The molecule has 1 N–H and O–H groups in total. The maximum absolute atomic E-state index is 10.4. The van der Waals surface area contributed by atoms with E-state index >= 15 is 0 Å². The molecule has 0 bridgehead atoms. The quantitative estimate of drug-likeness (QED) is 0.610. The smallest absolute Gasteiger partial charge is 0.131 e. The first-order chi connectivity index (χ1) is 8.31. The van der Waals surface area contributed by atoms with Crippen LogP contribution in [0.2, 0.25) is 0 Å². The van der Waals surface area contributed by atoms with Gasteiger partial charge in [0.1, 0.15) is 5.75 Å². The van der Waals surface area contributed by atoms with Crippen LogP contribution in [0.1, 0.15) is 12.5 Å². The van der Waals surface area contributed by atoms with Gasteiger partial charge in [-0.2, -0.15) is 0 Å². The summed E-state index contributed by atoms with van der Waals surface area (Å²) >= 11 is 0. The van der Waals surface area contributed by atoms with Crippen molar-refractivity contribution in [1.29, 1.82) is 0 Å². The minimum absolute atomic E-state index is 0.413. The molecule has 0 saturated carbocycles. The molecule has 3 aromatic rings. The third-order valence-corrected chi connectivity index (χ3v) is 3.33. The second kappa shape index (κ2) is 3.77. The molecule has 0 aliphatic carbocycles. The van der Waals surface area contributed by atoms with Gasteiger partial charge >= 0.3 is 0 Å². The average molecular weight is 222 g/mol. The van der Waals surface area contributed by atoms with Crippen LogP contribution < -0.4 is 0 Å². The Balaban J connectivity index is 2.55. The molecule has 3 aromatic carbocycles. The molecule has 0 saturated heterocycles. The lowest BCUT2D eigenvalue weighted by molar-refractivity contribution is 0.487. The number of rotatable bonds is 1. The molecule has 0 aliphatic heterocycles. The van der Waals surface area contributed by atoms with Gasteiger partial charge in [0.15, 0.2) is 0 Å². The molecule has 1 heteroatoms. The zero-order valence-electron chi connectivity index (χ0n) is 9.77. The number of aryl methyl sites for hydroxylation is 1. The maximum atomic E-state index is 10.4. The number of aromatic hydroxyl groups is 1. The molecule has 0 spiro atoms. The van der Waals surface area contributed by atoms with Gasteiger partial charge in [-0.3, -0.25) is 0 Å². The molecule has 0 aromatic heterocycles. The fourth-order valence-corrected chi connectivity index (χ4v) is 2.46. The summed E-state index contributed by atoms with van der Waals surface area (Å²) in [6.07, 6.45) is 0.934. The topological polar surface area (TPSA) is 20.2 Å². The molecule has 0 atom stereocenters. The van der Waals surface area contributed by atoms with Gasteiger partial charge in [0.2, 0.25) is 0 Å². The molecule has 1 nitrogen and oxygen atoms in total. The molecule has 84 valence electrons. The number of hydrogen-bond donors (Lipinski definition) is 1. The summed E-state index contributed by atoms with van der Waals surface area (Å²) in [5, 5.41) is 14.5. The van der Waals surface area contributed by atoms with Gasteiger partial charge in [0, 0.05) is 10.8 Å². The highest BCUT2D eigenvalue weighted by molar-refractivity contribution is 6.06. The second-order valence-electron chi connectivity index (χ2n) is 4.32. The van der Waals surface area contributed by atoms with Crippen LogP contribution in [0.15, 0.2) is 48.5 Å². The number of hydrogen-bond acceptors (Lipinski definition) is 1. The molecular weight excluding hydrogens is 208 g/mol. The van der Waals surface area contributed by atoms with E-state index in [-0.39, 0.29) is 0 Å². The lowest BCUT2D eigenvalue weighted by atomic mass is 9.97. The average Bonchev–Trinajstić information content (AvgIpc) is 2.38. The molecule has 17 heavy (non-hydrogen) atoms. The van der Waals surface area contributed by atoms with Crippen molar-refractivity contribution >= 4 is 21.5 Å². The van der Waals surface area contributed by atoms with Crippen molar-refractivity contribution in [1.82, 2.24) is 0 Å². The van der Waals surface area contributed by atoms with Crippen molar-refractivity contribution in [3.8, 4) is 5.75 Å². The summed E-state index contributed by atoms with van der Waals surface area (Å²) in [4.78, 5) is 0. The Morgan fingerprint density at radius 3 is 2.53 bits per heavy atom. The molecule has 3 rings (SSSR count). The van der Waals surface area contributed by atoms with E-state index in [2.05, 4.69) is 31.2 Å². The molecule has 0 aliphatic rings. The van der Waals surface area contributed by atoms with E-state index in [1.165, 1.54) is 5.56 Å². The van der Waals surface area contributed by atoms with Crippen LogP contribution in [0.5, 0.6) is 5.75 Å². The summed E-state index contributed by atoms with van der Waals surface area (Å²) < 4.78 is 0. The third kappa shape index (κ3) is 1.47. The fourth-order valence-electron chi connectivity index (χ4n) is 2.46. The lowest BCUT2D eigenvalue weighted by Gasteiger charge is -2.09. The van der Waals surface area contributed by atoms with E-state index in [0.29, 0.717) is 5.75 Å². The predicted molar refractivity (Wildman–Crippen MR) is 72.5 cm³/mol. The van der Waals surface area contributed by atoms with Gasteiger partial charge in [0.05, 0.1) is 0 Å². The van der Waals surface area contributed by atoms with Gasteiger partial charge in [-0.25, -0.2) is 0 Å². The van der Waals surface area contributed by atoms with E-state index in [9.17, 15) is 5.11 Å². The number of phenols is 1. The van der Waals surface area contributed by atoms with Crippen molar-refractivity contribution in [2.45, 2.75) is 13.3 Å². The minimum Gasteiger partial charge on any atom is -0.507 e. The van der Waals surface area contributed by atoms with Crippen LogP contribution in [0.25, 0.3) is 21.5 Å². The summed E-state index contributed by atoms with van der Waals surface area (Å²) in [5.74, 6) is 0.413. The Morgan fingerprint density at radius 2 is 1.71 bits per heavy atom. The van der Waals surface area contributed by atoms with Crippen LogP contribution in [-0.2, 0) is 6.42 Å². The summed E-state index contributed by atoms with van der Waals surface area (Å²) in [6, 6.07) is 16.3. The zero-order chi connectivity index (χ0) is 11.8. The van der Waals surface area contributed by atoms with Crippen molar-refractivity contribution in [3.63, 3.8) is 0 Å². The van der Waals surface area contributed by atoms with Gasteiger partial charge in [0.25, 0.3) is 0 Å². The van der Waals surface area contributed by atoms with Crippen molar-refractivity contribution < 1.29 is 5.11 Å². The summed E-state index contributed by atoms with van der Waals surface area (Å²) in [7, 11) is 0. The SMILES string of the molecule is CCc1cccc2cc3ccccc3c(O)c12. The first-order valence-electron chi connectivity index (χ1n) is 5.93. The second-order valence-corrected chi connectivity index (χ2v) is 4.32. The third-order valence-electron chi connectivity index (χ3n) is 3.33. The molecular formula is C16H14O. The first kappa shape index (κ1) is 10.2. The highest BCUT2D eigenvalue weighted by atomic mass is 16.3. The van der Waals surface area contributed by atoms with E-state index in [1.807, 2.05) is 24.3 Å². The highest BCUT2D eigenvalue weighted by Crippen LogP contribution is 2.35. The van der Waals surface area contributed by atoms with Crippen molar-refractivity contribution in [2.24, 2.45) is 0 Å². The van der Waals surface area contributed by atoms with Crippen LogP contribution in [0, 0.1) is 0 Å². The molecule has 0 heterocycles. The summed E-state index contributed by atoms with van der Waals surface area (Å²) in [6.45, 7) is 2.11. The number of benzene rings is 3. The van der Waals surface area contributed by atoms with Crippen LogP contribution >= 0.6 is 0 Å². The number of phenolic OH excluding ortho intramolecular Hbond substituents is 1. The van der Waals surface area contributed by atoms with Crippen LogP contribution in [0.3, 0.4) is 0 Å². The first-order valence-corrected chi connectivity index (χ1v) is 5.93. The molecule has 0 fully saturated rings. The standard InChI is InChI=1S/C16H14O/c1-2-11-7-5-8-13-10-12-6-3-4-9-14(12)16(17)15(11)13/h3-10,17H,2H2,1H3. The van der Waals surface area contributed by atoms with Crippen molar-refractivity contribution in [2.75, 3.05) is 0 Å². The van der Waals surface area contributed by atoms with E-state index in [1.54, 1.807) is 0 Å². The molecule has 0 radical (unpaired) electrons. The van der Waals surface area contributed by atoms with Gasteiger partial charge in [-0.05, 0) is 28.8 Å². The van der Waals surface area contributed by atoms with E-state index < -0.39 is 0 Å². The Labute approximate surface area is 100 Å². The minimum atomic E-state index is 0.413. The van der Waals surface area contributed by atoms with E-state index in [0.717, 1.165) is 28.0 Å². The summed E-state index contributed by atoms with van der Waals surface area (Å²) in [5.41, 5.74) is 1.20. The lowest BCUT2D eigenvalue weighted by Crippen LogP contribution is -1.85. The zero-order valence-corrected chi connectivity index (χ0v) is 9.77. The van der Waals surface area contributed by atoms with Gasteiger partial charge in [-0.1, -0.05) is 49.4 Å². The van der Waals surface area contributed by atoms with Crippen molar-refractivity contribution in [3.05, 3.63) is 54.1 Å². The highest BCUT2D eigenvalue weighted by Gasteiger charge is 2.08. The van der Waals surface area contributed by atoms with Gasteiger partial charge in [-0.15, -0.1) is 0 Å². The Kier molecular flexibility index (Phi) is 2.25. The molecule has 0 amide bonds. The Bertz CT molecular complexity index is 698. The Hall–Kier alpha value is -2.02. The Morgan fingerprint density at radius 1 is 0.941 bits per heavy atom. The maximum Gasteiger partial charge on any atom is 0.131 e. The normalized spacial score (nSPS) is 11.1. The number of fused-ring (bicyclic) bond motifs is 2.